The van der Waals surface area contributed by atoms with Crippen molar-refractivity contribution in [3.8, 4) is 5.75 Å². The highest BCUT2D eigenvalue weighted by Crippen LogP contribution is 2.22. The zero-order chi connectivity index (χ0) is 18.4. The highest BCUT2D eigenvalue weighted by Gasteiger charge is 2.13. The molecule has 0 spiro atoms. The third-order valence-electron chi connectivity index (χ3n) is 3.64. The summed E-state index contributed by atoms with van der Waals surface area (Å²) in [4.78, 5) is 14.0. The molecule has 4 nitrogen and oxygen atoms in total. The fourth-order valence-corrected chi connectivity index (χ4v) is 2.54. The van der Waals surface area contributed by atoms with Crippen LogP contribution in [0.2, 0.25) is 5.02 Å². The summed E-state index contributed by atoms with van der Waals surface area (Å²) in [5, 5.41) is 2.78. The number of nitrogens with one attached hydrogen (secondary N) is 1. The molecule has 7 heteroatoms. The van der Waals surface area contributed by atoms with E-state index in [0.29, 0.717) is 18.8 Å². The van der Waals surface area contributed by atoms with Crippen molar-refractivity contribution in [1.82, 2.24) is 4.90 Å². The van der Waals surface area contributed by atoms with Gasteiger partial charge in [0.15, 0.2) is 11.6 Å². The van der Waals surface area contributed by atoms with E-state index in [1.807, 2.05) is 11.8 Å². The first kappa shape index (κ1) is 19.1. The van der Waals surface area contributed by atoms with E-state index < -0.39 is 11.6 Å². The Morgan fingerprint density at radius 1 is 1.24 bits per heavy atom. The minimum atomic E-state index is -0.472. The molecule has 0 aliphatic rings. The number of hydrogen-bond acceptors (Lipinski definition) is 3. The summed E-state index contributed by atoms with van der Waals surface area (Å²) < 4.78 is 31.7. The summed E-state index contributed by atoms with van der Waals surface area (Å²) in [5.74, 6) is -1.03. The normalized spacial score (nSPS) is 10.8. The molecular formula is C18H19ClF2N2O2. The maximum Gasteiger partial charge on any atom is 0.238 e. The molecule has 0 atom stereocenters. The average molecular weight is 369 g/mol. The first-order valence-electron chi connectivity index (χ1n) is 7.72. The number of carbonyl (C=O) groups excluding carboxylic acids is 1. The summed E-state index contributed by atoms with van der Waals surface area (Å²) in [5.41, 5.74) is 1.08. The number of rotatable bonds is 7. The Labute approximate surface area is 150 Å². The molecule has 0 radical (unpaired) electrons. The van der Waals surface area contributed by atoms with Crippen LogP contribution in [0.5, 0.6) is 5.75 Å². The van der Waals surface area contributed by atoms with Crippen molar-refractivity contribution in [2.45, 2.75) is 13.5 Å². The van der Waals surface area contributed by atoms with E-state index in [-0.39, 0.29) is 23.2 Å². The van der Waals surface area contributed by atoms with Gasteiger partial charge in [0.2, 0.25) is 5.91 Å². The van der Waals surface area contributed by atoms with Crippen LogP contribution in [0.25, 0.3) is 0 Å². The van der Waals surface area contributed by atoms with E-state index in [1.54, 1.807) is 12.1 Å². The van der Waals surface area contributed by atoms with Crippen LogP contribution in [-0.2, 0) is 11.3 Å². The Kier molecular flexibility index (Phi) is 6.73. The lowest BCUT2D eigenvalue weighted by Crippen LogP contribution is -2.32. The molecule has 0 saturated heterocycles. The van der Waals surface area contributed by atoms with Crippen molar-refractivity contribution in [3.05, 3.63) is 58.6 Å². The quantitative estimate of drug-likeness (QED) is 0.800. The van der Waals surface area contributed by atoms with Crippen molar-refractivity contribution in [2.75, 3.05) is 25.5 Å². The molecule has 0 fully saturated rings. The Morgan fingerprint density at radius 2 is 2.00 bits per heavy atom. The number of benzene rings is 2. The first-order valence-corrected chi connectivity index (χ1v) is 8.10. The van der Waals surface area contributed by atoms with Crippen LogP contribution in [0.3, 0.4) is 0 Å². The second-order valence-electron chi connectivity index (χ2n) is 5.44. The van der Waals surface area contributed by atoms with Crippen molar-refractivity contribution in [2.24, 2.45) is 0 Å². The molecule has 0 aliphatic carbocycles. The standard InChI is InChI=1S/C18H19ClF2N2O2/c1-3-23(10-12-4-7-17(25-2)15(21)8-12)11-18(24)22-16-6-5-13(20)9-14(16)19/h4-9H,3,10-11H2,1-2H3,(H,22,24). The molecule has 134 valence electrons. The highest BCUT2D eigenvalue weighted by atomic mass is 35.5. The Bertz CT molecular complexity index is 756. The maximum absolute atomic E-state index is 13.8. The molecule has 1 N–H and O–H groups in total. The lowest BCUT2D eigenvalue weighted by molar-refractivity contribution is -0.117. The lowest BCUT2D eigenvalue weighted by atomic mass is 10.2. The minimum Gasteiger partial charge on any atom is -0.494 e. The molecule has 0 bridgehead atoms. The number of carbonyl (C=O) groups is 1. The van der Waals surface area contributed by atoms with E-state index >= 15 is 0 Å². The number of anilines is 1. The predicted molar refractivity (Wildman–Crippen MR) is 93.9 cm³/mol. The molecule has 0 heterocycles. The molecule has 0 aliphatic heterocycles. The van der Waals surface area contributed by atoms with Gasteiger partial charge in [-0.15, -0.1) is 0 Å². The molecule has 0 unspecified atom stereocenters. The summed E-state index contributed by atoms with van der Waals surface area (Å²) in [6, 6.07) is 8.45. The second kappa shape index (κ2) is 8.78. The van der Waals surface area contributed by atoms with Gasteiger partial charge in [-0.1, -0.05) is 24.6 Å². The summed E-state index contributed by atoms with van der Waals surface area (Å²) >= 11 is 5.90. The van der Waals surface area contributed by atoms with Crippen LogP contribution in [-0.4, -0.2) is 31.0 Å². The zero-order valence-corrected chi connectivity index (χ0v) is 14.7. The molecule has 1 amide bonds. The van der Waals surface area contributed by atoms with Crippen LogP contribution in [0.4, 0.5) is 14.5 Å². The van der Waals surface area contributed by atoms with Gasteiger partial charge in [0.25, 0.3) is 0 Å². The van der Waals surface area contributed by atoms with Gasteiger partial charge < -0.3 is 10.1 Å². The number of methoxy groups -OCH3 is 1. The van der Waals surface area contributed by atoms with Crippen LogP contribution in [0.15, 0.2) is 36.4 Å². The smallest absolute Gasteiger partial charge is 0.238 e. The Balaban J connectivity index is 1.98. The predicted octanol–water partition coefficient (Wildman–Crippen LogP) is 4.09. The molecule has 0 aromatic heterocycles. The van der Waals surface area contributed by atoms with Gasteiger partial charge in [0.1, 0.15) is 5.82 Å². The molecule has 2 rings (SSSR count). The SMILES string of the molecule is CCN(CC(=O)Nc1ccc(F)cc1Cl)Cc1ccc(OC)c(F)c1. The molecule has 2 aromatic carbocycles. The molecule has 0 saturated carbocycles. The number of ether oxygens (including phenoxy) is 1. The first-order chi connectivity index (χ1) is 11.9. The van der Waals surface area contributed by atoms with Gasteiger partial charge in [-0.05, 0) is 42.4 Å². The number of nitrogens with zero attached hydrogens (tertiary/aromatic N) is 1. The second-order valence-corrected chi connectivity index (χ2v) is 5.85. The van der Waals surface area contributed by atoms with Gasteiger partial charge >= 0.3 is 0 Å². The number of amides is 1. The Hall–Kier alpha value is -2.18. The van der Waals surface area contributed by atoms with E-state index in [4.69, 9.17) is 16.3 Å². The summed E-state index contributed by atoms with van der Waals surface area (Å²) in [6.45, 7) is 3.00. The van der Waals surface area contributed by atoms with Crippen LogP contribution >= 0.6 is 11.6 Å². The van der Waals surface area contributed by atoms with Gasteiger partial charge in [0.05, 0.1) is 24.4 Å². The van der Waals surface area contributed by atoms with Gasteiger partial charge in [-0.25, -0.2) is 8.78 Å². The van der Waals surface area contributed by atoms with Crippen molar-refractivity contribution in [3.63, 3.8) is 0 Å². The lowest BCUT2D eigenvalue weighted by Gasteiger charge is -2.20. The largest absolute Gasteiger partial charge is 0.494 e. The van der Waals surface area contributed by atoms with Crippen molar-refractivity contribution >= 4 is 23.2 Å². The van der Waals surface area contributed by atoms with Crippen LogP contribution in [0, 0.1) is 11.6 Å². The van der Waals surface area contributed by atoms with Crippen molar-refractivity contribution < 1.29 is 18.3 Å². The fourth-order valence-electron chi connectivity index (χ4n) is 2.33. The average Bonchev–Trinajstić information content (AvgIpc) is 2.57. The van der Waals surface area contributed by atoms with Gasteiger partial charge in [0, 0.05) is 6.54 Å². The van der Waals surface area contributed by atoms with E-state index in [0.717, 1.165) is 11.6 Å². The maximum atomic E-state index is 13.8. The topological polar surface area (TPSA) is 41.6 Å². The monoisotopic (exact) mass is 368 g/mol. The molecular weight excluding hydrogens is 350 g/mol. The number of halogens is 3. The third kappa shape index (κ3) is 5.41. The fraction of sp³-hybridized carbons (Fsp3) is 0.278. The van der Waals surface area contributed by atoms with Crippen molar-refractivity contribution in [1.29, 1.82) is 0 Å². The van der Waals surface area contributed by atoms with E-state index in [1.165, 1.54) is 25.3 Å². The molecule has 25 heavy (non-hydrogen) atoms. The highest BCUT2D eigenvalue weighted by molar-refractivity contribution is 6.33. The summed E-state index contributed by atoms with van der Waals surface area (Å²) in [7, 11) is 1.40. The van der Waals surface area contributed by atoms with Gasteiger partial charge in [-0.2, -0.15) is 0 Å². The minimum absolute atomic E-state index is 0.0951. The number of hydrogen-bond donors (Lipinski definition) is 1. The van der Waals surface area contributed by atoms with Gasteiger partial charge in [-0.3, -0.25) is 9.69 Å². The zero-order valence-electron chi connectivity index (χ0n) is 14.0. The van der Waals surface area contributed by atoms with Crippen LogP contribution in [0.1, 0.15) is 12.5 Å². The number of likely N-dealkylation sites (N-methyl/N-ethyl adjacent to an activating group) is 1. The third-order valence-corrected chi connectivity index (χ3v) is 3.95. The van der Waals surface area contributed by atoms with E-state index in [9.17, 15) is 13.6 Å². The molecule has 2 aromatic rings. The Morgan fingerprint density at radius 3 is 2.60 bits per heavy atom. The summed E-state index contributed by atoms with van der Waals surface area (Å²) in [6.07, 6.45) is 0. The van der Waals surface area contributed by atoms with Crippen LogP contribution < -0.4 is 10.1 Å². The van der Waals surface area contributed by atoms with E-state index in [2.05, 4.69) is 5.32 Å².